The van der Waals surface area contributed by atoms with Crippen LogP contribution in [0.4, 0.5) is 0 Å². The summed E-state index contributed by atoms with van der Waals surface area (Å²) in [5.41, 5.74) is 0.577. The van der Waals surface area contributed by atoms with Crippen molar-refractivity contribution in [2.75, 3.05) is 7.11 Å². The van der Waals surface area contributed by atoms with Gasteiger partial charge in [0.2, 0.25) is 0 Å². The zero-order valence-electron chi connectivity index (χ0n) is 10.7. The molecule has 1 aliphatic carbocycles. The summed E-state index contributed by atoms with van der Waals surface area (Å²) in [6, 6.07) is 5.14. The van der Waals surface area contributed by atoms with Gasteiger partial charge >= 0.3 is 5.97 Å². The van der Waals surface area contributed by atoms with E-state index in [4.69, 9.17) is 21.4 Å². The summed E-state index contributed by atoms with van der Waals surface area (Å²) in [5.74, 6) is 0.143. The van der Waals surface area contributed by atoms with Crippen LogP contribution >= 0.6 is 11.6 Å². The first kappa shape index (κ1) is 12.9. The van der Waals surface area contributed by atoms with Gasteiger partial charge in [-0.3, -0.25) is 0 Å². The summed E-state index contributed by atoms with van der Waals surface area (Å²) < 4.78 is 6.67. The SMILES string of the molecule is COc1ccc(Cl)c(-n2nc(C(=O)O)nc2C2CC2)c1. The van der Waals surface area contributed by atoms with Crippen molar-refractivity contribution in [3.05, 3.63) is 34.9 Å². The lowest BCUT2D eigenvalue weighted by Crippen LogP contribution is -2.04. The second-order valence-electron chi connectivity index (χ2n) is 4.60. The zero-order chi connectivity index (χ0) is 14.3. The van der Waals surface area contributed by atoms with Crippen molar-refractivity contribution in [3.8, 4) is 11.4 Å². The van der Waals surface area contributed by atoms with Crippen LogP contribution in [0.3, 0.4) is 0 Å². The molecule has 1 aromatic carbocycles. The van der Waals surface area contributed by atoms with E-state index in [-0.39, 0.29) is 11.7 Å². The Morgan fingerprint density at radius 3 is 2.85 bits per heavy atom. The van der Waals surface area contributed by atoms with E-state index in [9.17, 15) is 4.79 Å². The topological polar surface area (TPSA) is 77.2 Å². The molecule has 104 valence electrons. The van der Waals surface area contributed by atoms with Gasteiger partial charge in [0.1, 0.15) is 11.6 Å². The van der Waals surface area contributed by atoms with E-state index in [1.165, 1.54) is 4.68 Å². The number of ether oxygens (including phenoxy) is 1. The Hall–Kier alpha value is -2.08. The quantitative estimate of drug-likeness (QED) is 0.937. The van der Waals surface area contributed by atoms with E-state index in [2.05, 4.69) is 10.1 Å². The molecule has 1 saturated carbocycles. The van der Waals surface area contributed by atoms with Gasteiger partial charge in [-0.1, -0.05) is 11.6 Å². The predicted octanol–water partition coefficient (Wildman–Crippen LogP) is 2.50. The van der Waals surface area contributed by atoms with Gasteiger partial charge in [0, 0.05) is 12.0 Å². The zero-order valence-corrected chi connectivity index (χ0v) is 11.5. The fourth-order valence-electron chi connectivity index (χ4n) is 1.98. The fourth-order valence-corrected chi connectivity index (χ4v) is 2.18. The number of rotatable bonds is 4. The molecule has 1 aliphatic rings. The highest BCUT2D eigenvalue weighted by atomic mass is 35.5. The molecule has 0 saturated heterocycles. The molecule has 7 heteroatoms. The molecule has 1 aromatic heterocycles. The maximum Gasteiger partial charge on any atom is 0.375 e. The normalized spacial score (nSPS) is 14.3. The molecule has 0 amide bonds. The number of halogens is 1. The van der Waals surface area contributed by atoms with Crippen molar-refractivity contribution < 1.29 is 14.6 Å². The van der Waals surface area contributed by atoms with Crippen LogP contribution in [0.2, 0.25) is 5.02 Å². The number of hydrogen-bond donors (Lipinski definition) is 1. The summed E-state index contributed by atoms with van der Waals surface area (Å²) in [7, 11) is 1.55. The minimum absolute atomic E-state index is 0.217. The van der Waals surface area contributed by atoms with Crippen molar-refractivity contribution in [2.45, 2.75) is 18.8 Å². The first-order chi connectivity index (χ1) is 9.60. The molecule has 0 spiro atoms. The van der Waals surface area contributed by atoms with E-state index in [0.717, 1.165) is 12.8 Å². The highest BCUT2D eigenvalue weighted by molar-refractivity contribution is 6.32. The second-order valence-corrected chi connectivity index (χ2v) is 5.01. The van der Waals surface area contributed by atoms with E-state index >= 15 is 0 Å². The number of carboxylic acids is 1. The lowest BCUT2D eigenvalue weighted by molar-refractivity contribution is 0.0683. The maximum absolute atomic E-state index is 11.1. The molecule has 0 unspecified atom stereocenters. The van der Waals surface area contributed by atoms with Crippen LogP contribution in [0.5, 0.6) is 5.75 Å². The molecule has 0 atom stereocenters. The Bertz CT molecular complexity index is 679. The van der Waals surface area contributed by atoms with Gasteiger partial charge in [-0.05, 0) is 25.0 Å². The third-order valence-electron chi connectivity index (χ3n) is 3.15. The van der Waals surface area contributed by atoms with E-state index < -0.39 is 5.97 Å². The fraction of sp³-hybridized carbons (Fsp3) is 0.308. The van der Waals surface area contributed by atoms with Crippen molar-refractivity contribution in [1.29, 1.82) is 0 Å². The molecule has 0 radical (unpaired) electrons. The molecule has 6 nitrogen and oxygen atoms in total. The number of hydrogen-bond acceptors (Lipinski definition) is 4. The van der Waals surface area contributed by atoms with Gasteiger partial charge in [-0.2, -0.15) is 0 Å². The molecule has 0 bridgehead atoms. The van der Waals surface area contributed by atoms with E-state index in [0.29, 0.717) is 22.3 Å². The Morgan fingerprint density at radius 1 is 1.50 bits per heavy atom. The Balaban J connectivity index is 2.15. The highest BCUT2D eigenvalue weighted by Crippen LogP contribution is 2.40. The lowest BCUT2D eigenvalue weighted by atomic mass is 10.3. The second kappa shape index (κ2) is 4.79. The van der Waals surface area contributed by atoms with Crippen molar-refractivity contribution in [3.63, 3.8) is 0 Å². The maximum atomic E-state index is 11.1. The average molecular weight is 294 g/mol. The number of methoxy groups -OCH3 is 1. The summed E-state index contributed by atoms with van der Waals surface area (Å²) in [4.78, 5) is 15.2. The smallest absolute Gasteiger partial charge is 0.375 e. The van der Waals surface area contributed by atoms with Crippen LogP contribution < -0.4 is 4.74 Å². The highest BCUT2D eigenvalue weighted by Gasteiger charge is 2.32. The number of carbonyl (C=O) groups is 1. The van der Waals surface area contributed by atoms with Crippen LogP contribution in [0.1, 0.15) is 35.2 Å². The van der Waals surface area contributed by atoms with Crippen LogP contribution in [0.25, 0.3) is 5.69 Å². The third kappa shape index (κ3) is 2.22. The Morgan fingerprint density at radius 2 is 2.25 bits per heavy atom. The summed E-state index contributed by atoms with van der Waals surface area (Å²) in [5, 5.41) is 13.6. The van der Waals surface area contributed by atoms with Gasteiger partial charge < -0.3 is 9.84 Å². The largest absolute Gasteiger partial charge is 0.497 e. The van der Waals surface area contributed by atoms with Crippen LogP contribution in [0.15, 0.2) is 18.2 Å². The summed E-state index contributed by atoms with van der Waals surface area (Å²) in [6.45, 7) is 0. The lowest BCUT2D eigenvalue weighted by Gasteiger charge is -2.09. The van der Waals surface area contributed by atoms with Gasteiger partial charge in [-0.25, -0.2) is 14.5 Å². The summed E-state index contributed by atoms with van der Waals surface area (Å²) >= 11 is 6.18. The molecular formula is C13H12ClN3O3. The average Bonchev–Trinajstić information content (AvgIpc) is 3.18. The minimum Gasteiger partial charge on any atom is -0.497 e. The van der Waals surface area contributed by atoms with Crippen molar-refractivity contribution in [2.24, 2.45) is 0 Å². The molecule has 1 heterocycles. The molecule has 1 fully saturated rings. The number of aromatic carboxylic acids is 1. The first-order valence-corrected chi connectivity index (χ1v) is 6.52. The molecule has 1 N–H and O–H groups in total. The van der Waals surface area contributed by atoms with Gasteiger partial charge in [0.05, 0.1) is 17.8 Å². The molecule has 2 aromatic rings. The first-order valence-electron chi connectivity index (χ1n) is 6.14. The Labute approximate surface area is 120 Å². The number of aromatic nitrogens is 3. The van der Waals surface area contributed by atoms with Crippen LogP contribution in [0, 0.1) is 0 Å². The van der Waals surface area contributed by atoms with Crippen molar-refractivity contribution in [1.82, 2.24) is 14.8 Å². The third-order valence-corrected chi connectivity index (χ3v) is 3.47. The number of benzene rings is 1. The van der Waals surface area contributed by atoms with E-state index in [1.807, 2.05) is 0 Å². The molecule has 20 heavy (non-hydrogen) atoms. The standard InChI is InChI=1S/C13H12ClN3O3/c1-20-8-4-5-9(14)10(6-8)17-12(7-2-3-7)15-11(16-17)13(18)19/h4-7H,2-3H2,1H3,(H,18,19). The monoisotopic (exact) mass is 293 g/mol. The van der Waals surface area contributed by atoms with E-state index in [1.54, 1.807) is 25.3 Å². The minimum atomic E-state index is -1.15. The van der Waals surface area contributed by atoms with Crippen LogP contribution in [-0.4, -0.2) is 33.0 Å². The summed E-state index contributed by atoms with van der Waals surface area (Å²) in [6.07, 6.45) is 1.97. The Kier molecular flexibility index (Phi) is 3.10. The molecule has 0 aliphatic heterocycles. The van der Waals surface area contributed by atoms with Gasteiger partial charge in [0.15, 0.2) is 0 Å². The number of carboxylic acid groups (broad SMARTS) is 1. The number of nitrogens with zero attached hydrogens (tertiary/aromatic N) is 3. The van der Waals surface area contributed by atoms with Crippen molar-refractivity contribution >= 4 is 17.6 Å². The van der Waals surface area contributed by atoms with Gasteiger partial charge in [-0.15, -0.1) is 5.10 Å². The molecular weight excluding hydrogens is 282 g/mol. The van der Waals surface area contributed by atoms with Gasteiger partial charge in [0.25, 0.3) is 5.82 Å². The van der Waals surface area contributed by atoms with Crippen LogP contribution in [-0.2, 0) is 0 Å². The molecule has 3 rings (SSSR count). The predicted molar refractivity (Wildman–Crippen MR) is 71.9 cm³/mol.